The van der Waals surface area contributed by atoms with Crippen LogP contribution in [0.2, 0.25) is 0 Å². The highest BCUT2D eigenvalue weighted by Gasteiger charge is 2.48. The lowest BCUT2D eigenvalue weighted by Crippen LogP contribution is -2.50. The van der Waals surface area contributed by atoms with Gasteiger partial charge >= 0.3 is 0 Å². The van der Waals surface area contributed by atoms with E-state index in [1.165, 1.54) is 0 Å². The minimum Gasteiger partial charge on any atom is -0.344 e. The molecule has 2 saturated carbocycles. The number of nitrogens with one attached hydrogen (secondary N) is 3. The fourth-order valence-corrected chi connectivity index (χ4v) is 5.26. The van der Waals surface area contributed by atoms with Crippen LogP contribution in [0, 0.1) is 17.8 Å². The monoisotopic (exact) mass is 488 g/mol. The Morgan fingerprint density at radius 2 is 1.67 bits per heavy atom. The van der Waals surface area contributed by atoms with Gasteiger partial charge in [0.1, 0.15) is 11.7 Å². The Kier molecular flexibility index (Phi) is 6.69. The number of carbonyl (C=O) groups excluding carboxylic acids is 2. The molecule has 2 aromatic heterocycles. The van der Waals surface area contributed by atoms with E-state index in [1.54, 1.807) is 23.3 Å². The van der Waals surface area contributed by atoms with Crippen molar-refractivity contribution in [3.8, 4) is 11.3 Å². The van der Waals surface area contributed by atoms with Gasteiger partial charge in [-0.2, -0.15) is 5.10 Å². The van der Waals surface area contributed by atoms with Crippen LogP contribution in [0.5, 0.6) is 0 Å². The minimum atomic E-state index is -0.576. The molecule has 1 aromatic carbocycles. The standard InChI is InChI=1S/C28H36N6O2/c1-16(2)24-25(30-15-29-24)20-9-11-21(12-10-20)32-28(36)26(23(18-5-6-18)19-7-8-19)33-27(35)22-13-14-31-34(22)17(3)4/h9-19,23,26H,5-8H2,1-4H3,(H,29,30)(H,32,36)(H,33,35)/t26-/m0/s1. The predicted molar refractivity (Wildman–Crippen MR) is 140 cm³/mol. The van der Waals surface area contributed by atoms with Crippen molar-refractivity contribution in [2.24, 2.45) is 17.8 Å². The van der Waals surface area contributed by atoms with E-state index in [0.29, 0.717) is 29.1 Å². The van der Waals surface area contributed by atoms with Crippen LogP contribution in [0.15, 0.2) is 42.9 Å². The summed E-state index contributed by atoms with van der Waals surface area (Å²) >= 11 is 0. The molecule has 0 saturated heterocycles. The van der Waals surface area contributed by atoms with E-state index in [-0.39, 0.29) is 23.8 Å². The third-order valence-electron chi connectivity index (χ3n) is 7.34. The van der Waals surface area contributed by atoms with Gasteiger partial charge in [0, 0.05) is 17.9 Å². The molecule has 1 atom stereocenters. The number of rotatable bonds is 10. The van der Waals surface area contributed by atoms with E-state index < -0.39 is 6.04 Å². The molecule has 36 heavy (non-hydrogen) atoms. The molecule has 190 valence electrons. The first-order valence-electron chi connectivity index (χ1n) is 13.1. The fourth-order valence-electron chi connectivity index (χ4n) is 5.26. The molecule has 2 amide bonds. The van der Waals surface area contributed by atoms with Crippen molar-refractivity contribution in [3.63, 3.8) is 0 Å². The molecule has 0 unspecified atom stereocenters. The van der Waals surface area contributed by atoms with Crippen LogP contribution < -0.4 is 10.6 Å². The van der Waals surface area contributed by atoms with Crippen molar-refractivity contribution < 1.29 is 9.59 Å². The van der Waals surface area contributed by atoms with Gasteiger partial charge in [0.15, 0.2) is 0 Å². The highest BCUT2D eigenvalue weighted by molar-refractivity contribution is 6.01. The topological polar surface area (TPSA) is 105 Å². The molecule has 2 aliphatic carbocycles. The van der Waals surface area contributed by atoms with Gasteiger partial charge in [0.2, 0.25) is 5.91 Å². The highest BCUT2D eigenvalue weighted by atomic mass is 16.2. The SMILES string of the molecule is CC(C)c1nc[nH]c1-c1ccc(NC(=O)[C@@H](NC(=O)c2ccnn2C(C)C)C(C2CC2)C2CC2)cc1. The summed E-state index contributed by atoms with van der Waals surface area (Å²) in [5, 5.41) is 10.5. The second-order valence-corrected chi connectivity index (χ2v) is 10.8. The molecule has 8 heteroatoms. The summed E-state index contributed by atoms with van der Waals surface area (Å²) in [6, 6.07) is 9.00. The van der Waals surface area contributed by atoms with E-state index in [0.717, 1.165) is 42.6 Å². The quantitative estimate of drug-likeness (QED) is 0.367. The zero-order chi connectivity index (χ0) is 25.4. The summed E-state index contributed by atoms with van der Waals surface area (Å²) in [7, 11) is 0. The number of aromatic amines is 1. The number of carbonyl (C=O) groups is 2. The average Bonchev–Trinajstić information content (AvgIpc) is 3.76. The van der Waals surface area contributed by atoms with Crippen molar-refractivity contribution >= 4 is 17.5 Å². The lowest BCUT2D eigenvalue weighted by Gasteiger charge is -2.28. The maximum Gasteiger partial charge on any atom is 0.270 e. The van der Waals surface area contributed by atoms with Crippen LogP contribution in [0.25, 0.3) is 11.3 Å². The van der Waals surface area contributed by atoms with Crippen LogP contribution >= 0.6 is 0 Å². The van der Waals surface area contributed by atoms with Gasteiger partial charge in [-0.1, -0.05) is 26.0 Å². The maximum absolute atomic E-state index is 13.6. The van der Waals surface area contributed by atoms with Crippen molar-refractivity contribution in [1.29, 1.82) is 0 Å². The van der Waals surface area contributed by atoms with Crippen molar-refractivity contribution in [1.82, 2.24) is 25.1 Å². The third-order valence-corrected chi connectivity index (χ3v) is 7.34. The van der Waals surface area contributed by atoms with Gasteiger partial charge in [-0.25, -0.2) is 4.98 Å². The first kappa shape index (κ1) is 24.3. The first-order chi connectivity index (χ1) is 17.3. The largest absolute Gasteiger partial charge is 0.344 e. The number of nitrogens with zero attached hydrogens (tertiary/aromatic N) is 3. The van der Waals surface area contributed by atoms with Crippen molar-refractivity contribution in [2.45, 2.75) is 71.4 Å². The van der Waals surface area contributed by atoms with Crippen molar-refractivity contribution in [3.05, 3.63) is 54.2 Å². The van der Waals surface area contributed by atoms with E-state index >= 15 is 0 Å². The van der Waals surface area contributed by atoms with Crippen LogP contribution in [0.4, 0.5) is 5.69 Å². The molecular weight excluding hydrogens is 452 g/mol. The normalized spacial score (nSPS) is 16.5. The molecule has 2 aliphatic rings. The van der Waals surface area contributed by atoms with Crippen LogP contribution in [-0.2, 0) is 4.79 Å². The minimum absolute atomic E-state index is 0.0558. The Morgan fingerprint density at radius 1 is 1.00 bits per heavy atom. The third kappa shape index (κ3) is 5.08. The highest BCUT2D eigenvalue weighted by Crippen LogP contribution is 2.51. The summed E-state index contributed by atoms with van der Waals surface area (Å²) < 4.78 is 1.70. The van der Waals surface area contributed by atoms with E-state index in [2.05, 4.69) is 39.5 Å². The predicted octanol–water partition coefficient (Wildman–Crippen LogP) is 5.15. The molecular formula is C28H36N6O2. The number of imidazole rings is 1. The maximum atomic E-state index is 13.6. The molecule has 0 bridgehead atoms. The molecule has 0 aliphatic heterocycles. The molecule has 0 radical (unpaired) electrons. The first-order valence-corrected chi connectivity index (χ1v) is 13.1. The molecule has 0 spiro atoms. The van der Waals surface area contributed by atoms with Crippen LogP contribution in [-0.4, -0.2) is 37.6 Å². The molecule has 2 heterocycles. The van der Waals surface area contributed by atoms with Gasteiger partial charge in [-0.3, -0.25) is 14.3 Å². The molecule has 8 nitrogen and oxygen atoms in total. The van der Waals surface area contributed by atoms with Gasteiger partial charge in [0.25, 0.3) is 5.91 Å². The Labute approximate surface area is 212 Å². The lowest BCUT2D eigenvalue weighted by molar-refractivity contribution is -0.119. The van der Waals surface area contributed by atoms with Gasteiger partial charge < -0.3 is 15.6 Å². The van der Waals surface area contributed by atoms with Gasteiger partial charge in [-0.15, -0.1) is 0 Å². The number of benzene rings is 1. The molecule has 5 rings (SSSR count). The smallest absolute Gasteiger partial charge is 0.270 e. The molecule has 3 N–H and O–H groups in total. The Morgan fingerprint density at radius 3 is 2.25 bits per heavy atom. The Hall–Kier alpha value is -3.42. The van der Waals surface area contributed by atoms with E-state index in [9.17, 15) is 9.59 Å². The molecule has 3 aromatic rings. The zero-order valence-corrected chi connectivity index (χ0v) is 21.5. The summed E-state index contributed by atoms with van der Waals surface area (Å²) in [6.07, 6.45) is 7.86. The zero-order valence-electron chi connectivity index (χ0n) is 21.5. The summed E-state index contributed by atoms with van der Waals surface area (Å²) in [4.78, 5) is 34.6. The average molecular weight is 489 g/mol. The number of aromatic nitrogens is 4. The van der Waals surface area contributed by atoms with Crippen LogP contribution in [0.1, 0.15) is 81.5 Å². The van der Waals surface area contributed by atoms with Gasteiger partial charge in [0.05, 0.1) is 17.7 Å². The summed E-state index contributed by atoms with van der Waals surface area (Å²) in [6.45, 7) is 8.21. The molecule has 2 fully saturated rings. The number of anilines is 1. The van der Waals surface area contributed by atoms with E-state index in [1.807, 2.05) is 38.1 Å². The second-order valence-electron chi connectivity index (χ2n) is 10.8. The van der Waals surface area contributed by atoms with Gasteiger partial charge in [-0.05, 0) is 87.0 Å². The Bertz CT molecular complexity index is 1200. The summed E-state index contributed by atoms with van der Waals surface area (Å²) in [5.41, 5.74) is 4.24. The number of hydrogen-bond acceptors (Lipinski definition) is 4. The van der Waals surface area contributed by atoms with Crippen molar-refractivity contribution in [2.75, 3.05) is 5.32 Å². The fraction of sp³-hybridized carbons (Fsp3) is 0.500. The number of amides is 2. The van der Waals surface area contributed by atoms with E-state index in [4.69, 9.17) is 0 Å². The second kappa shape index (κ2) is 9.91. The Balaban J connectivity index is 1.35. The summed E-state index contributed by atoms with van der Waals surface area (Å²) in [5.74, 6) is 1.08. The number of H-pyrrole nitrogens is 1. The van der Waals surface area contributed by atoms with Crippen LogP contribution in [0.3, 0.4) is 0 Å². The number of hydrogen-bond donors (Lipinski definition) is 3. The lowest BCUT2D eigenvalue weighted by atomic mass is 9.88.